The van der Waals surface area contributed by atoms with Crippen molar-refractivity contribution in [2.75, 3.05) is 30.9 Å². The fourth-order valence-corrected chi connectivity index (χ4v) is 6.32. The molecule has 33 heavy (non-hydrogen) atoms. The number of fused-ring (bicyclic) bond motifs is 1. The quantitative estimate of drug-likeness (QED) is 0.430. The Morgan fingerprint density at radius 3 is 2.55 bits per heavy atom. The van der Waals surface area contributed by atoms with E-state index in [1.54, 1.807) is 34.1 Å². The number of carbonyl (C=O) groups is 1. The van der Waals surface area contributed by atoms with Crippen molar-refractivity contribution in [3.05, 3.63) is 47.0 Å². The number of nitrogens with zero attached hydrogens (tertiary/aromatic N) is 4. The molecule has 10 heteroatoms. The molecule has 0 N–H and O–H groups in total. The molecule has 0 spiro atoms. The van der Waals surface area contributed by atoms with Crippen molar-refractivity contribution < 1.29 is 13.2 Å². The molecular weight excluding hydrogens is 476 g/mol. The van der Waals surface area contributed by atoms with Crippen LogP contribution in [0.3, 0.4) is 0 Å². The summed E-state index contributed by atoms with van der Waals surface area (Å²) in [5.41, 5.74) is 1.50. The number of aryl methyl sites for hydroxylation is 2. The van der Waals surface area contributed by atoms with E-state index >= 15 is 0 Å². The Hall–Kier alpha value is -2.04. The summed E-state index contributed by atoms with van der Waals surface area (Å²) < 4.78 is 24.3. The summed E-state index contributed by atoms with van der Waals surface area (Å²) in [5.74, 6) is 1.40. The van der Waals surface area contributed by atoms with Gasteiger partial charge >= 0.3 is 0 Å². The maximum Gasteiger partial charge on any atom is 0.253 e. The van der Waals surface area contributed by atoms with E-state index in [1.807, 2.05) is 30.8 Å². The van der Waals surface area contributed by atoms with Gasteiger partial charge in [0.2, 0.25) is 0 Å². The Labute approximate surface area is 203 Å². The first-order chi connectivity index (χ1) is 15.8. The minimum absolute atomic E-state index is 0.0408. The van der Waals surface area contributed by atoms with Crippen molar-refractivity contribution in [3.63, 3.8) is 0 Å². The van der Waals surface area contributed by atoms with Gasteiger partial charge in [-0.05, 0) is 49.6 Å². The zero-order chi connectivity index (χ0) is 23.4. The molecule has 2 aromatic heterocycles. The van der Waals surface area contributed by atoms with Crippen molar-refractivity contribution in [2.24, 2.45) is 5.92 Å². The maximum atomic E-state index is 12.8. The highest BCUT2D eigenvalue weighted by Gasteiger charge is 2.26. The van der Waals surface area contributed by atoms with Crippen LogP contribution in [0.15, 0.2) is 35.5 Å². The molecule has 1 fully saturated rings. The molecule has 0 bridgehead atoms. The highest BCUT2D eigenvalue weighted by Crippen LogP contribution is 2.26. The molecule has 0 saturated carbocycles. The number of sulfone groups is 1. The molecule has 1 aliphatic rings. The third-order valence-electron chi connectivity index (χ3n) is 5.94. The van der Waals surface area contributed by atoms with E-state index in [1.165, 1.54) is 0 Å². The van der Waals surface area contributed by atoms with E-state index in [-0.39, 0.29) is 30.5 Å². The van der Waals surface area contributed by atoms with Crippen LogP contribution in [0.1, 0.15) is 41.0 Å². The van der Waals surface area contributed by atoms with Crippen molar-refractivity contribution in [2.45, 2.75) is 37.5 Å². The van der Waals surface area contributed by atoms with Crippen molar-refractivity contribution >= 4 is 49.1 Å². The van der Waals surface area contributed by atoms with E-state index in [0.717, 1.165) is 51.6 Å². The van der Waals surface area contributed by atoms with Gasteiger partial charge in [-0.25, -0.2) is 23.4 Å². The van der Waals surface area contributed by atoms with E-state index in [2.05, 4.69) is 16.9 Å². The van der Waals surface area contributed by atoms with Gasteiger partial charge in [-0.2, -0.15) is 0 Å². The number of thioether (sulfide) groups is 1. The Morgan fingerprint density at radius 1 is 1.15 bits per heavy atom. The minimum atomic E-state index is -3.01. The number of hydrogen-bond acceptors (Lipinski definition) is 8. The molecule has 3 aromatic rings. The Kier molecular flexibility index (Phi) is 7.65. The lowest BCUT2D eigenvalue weighted by molar-refractivity contribution is 0.0770. The monoisotopic (exact) mass is 504 g/mol. The van der Waals surface area contributed by atoms with Gasteiger partial charge in [0.1, 0.15) is 5.82 Å². The van der Waals surface area contributed by atoms with Crippen molar-refractivity contribution in [1.82, 2.24) is 19.9 Å². The average Bonchev–Trinajstić information content (AvgIpc) is 3.23. The highest BCUT2D eigenvalue weighted by molar-refractivity contribution is 7.98. The van der Waals surface area contributed by atoms with Crippen LogP contribution < -0.4 is 0 Å². The molecular formula is C23H28N4O3S3. The van der Waals surface area contributed by atoms with Gasteiger partial charge in [0.05, 0.1) is 26.7 Å². The van der Waals surface area contributed by atoms with Gasteiger partial charge in [-0.3, -0.25) is 4.79 Å². The summed E-state index contributed by atoms with van der Waals surface area (Å²) in [6, 6.07) is 5.57. The molecule has 1 aromatic carbocycles. The number of hydrogen-bond donors (Lipinski definition) is 0. The van der Waals surface area contributed by atoms with Gasteiger partial charge in [-0.15, -0.1) is 23.1 Å². The zero-order valence-electron chi connectivity index (χ0n) is 18.9. The van der Waals surface area contributed by atoms with Gasteiger partial charge in [0, 0.05) is 42.4 Å². The first-order valence-electron chi connectivity index (χ1n) is 11.1. The second kappa shape index (κ2) is 10.5. The summed E-state index contributed by atoms with van der Waals surface area (Å²) in [4.78, 5) is 29.1. The lowest BCUT2D eigenvalue weighted by atomic mass is 10.00. The number of carbonyl (C=O) groups excluding carboxylic acids is 1. The average molecular weight is 505 g/mol. The molecule has 1 atom stereocenters. The molecule has 7 nitrogen and oxygen atoms in total. The number of rotatable bonds is 8. The summed E-state index contributed by atoms with van der Waals surface area (Å²) in [6.45, 7) is 2.77. The summed E-state index contributed by atoms with van der Waals surface area (Å²) in [5, 5.41) is 1.08. The minimum Gasteiger partial charge on any atom is -0.337 e. The molecule has 176 valence electrons. The fraction of sp³-hybridized carbons (Fsp3) is 0.478. The van der Waals surface area contributed by atoms with E-state index in [4.69, 9.17) is 4.98 Å². The highest BCUT2D eigenvalue weighted by atomic mass is 32.2. The second-order valence-electron chi connectivity index (χ2n) is 8.46. The van der Waals surface area contributed by atoms with Crippen LogP contribution >= 0.6 is 23.1 Å². The van der Waals surface area contributed by atoms with Crippen LogP contribution in [0.2, 0.25) is 0 Å². The first kappa shape index (κ1) is 24.1. The summed E-state index contributed by atoms with van der Waals surface area (Å²) in [7, 11) is -3.01. The van der Waals surface area contributed by atoms with Crippen molar-refractivity contribution in [1.29, 1.82) is 0 Å². The first-order valence-corrected chi connectivity index (χ1v) is 14.9. The van der Waals surface area contributed by atoms with E-state index in [9.17, 15) is 13.2 Å². The Balaban J connectivity index is 1.32. The zero-order valence-corrected chi connectivity index (χ0v) is 21.3. The molecule has 1 amide bonds. The molecule has 4 rings (SSSR count). The summed E-state index contributed by atoms with van der Waals surface area (Å²) in [6.07, 6.45) is 9.63. The van der Waals surface area contributed by atoms with Crippen LogP contribution in [0, 0.1) is 5.92 Å². The summed E-state index contributed by atoms with van der Waals surface area (Å²) >= 11 is 3.28. The number of thiazole rings is 1. The standard InChI is InChI=1S/C23H28N4O3S3/c1-16(3-7-21-24-14-18(31-2)15-25-21)4-8-22-26-19-6-5-17(13-20(19)32-22)23(28)27-9-11-33(29,30)12-10-27/h5-6,13-16H,3-4,7-12H2,1-2H3/t16-/m0/s1. The van der Waals surface area contributed by atoms with E-state index < -0.39 is 9.84 Å². The van der Waals surface area contributed by atoms with Crippen molar-refractivity contribution in [3.8, 4) is 0 Å². The molecule has 1 aliphatic heterocycles. The number of aromatic nitrogens is 3. The molecule has 3 heterocycles. The van der Waals surface area contributed by atoms with Crippen LogP contribution in [0.4, 0.5) is 0 Å². The van der Waals surface area contributed by atoms with Gasteiger partial charge < -0.3 is 4.90 Å². The number of benzene rings is 1. The number of amides is 1. The SMILES string of the molecule is CSc1cnc(CC[C@H](C)CCc2nc3ccc(C(=O)N4CCS(=O)(=O)CC4)cc3s2)nc1. The van der Waals surface area contributed by atoms with Crippen LogP contribution in [-0.4, -0.2) is 65.0 Å². The smallest absolute Gasteiger partial charge is 0.253 e. The Bertz CT molecular complexity index is 1210. The molecule has 1 saturated heterocycles. The predicted molar refractivity (Wildman–Crippen MR) is 134 cm³/mol. The van der Waals surface area contributed by atoms with Gasteiger partial charge in [0.25, 0.3) is 5.91 Å². The largest absolute Gasteiger partial charge is 0.337 e. The topological polar surface area (TPSA) is 93.1 Å². The van der Waals surface area contributed by atoms with Crippen LogP contribution in [0.25, 0.3) is 10.2 Å². The third kappa shape index (κ3) is 6.30. The molecule has 0 radical (unpaired) electrons. The van der Waals surface area contributed by atoms with E-state index in [0.29, 0.717) is 11.5 Å². The third-order valence-corrected chi connectivity index (χ3v) is 9.31. The lowest BCUT2D eigenvalue weighted by Crippen LogP contribution is -2.43. The normalized spacial score (nSPS) is 16.7. The Morgan fingerprint density at radius 2 is 1.85 bits per heavy atom. The maximum absolute atomic E-state index is 12.8. The lowest BCUT2D eigenvalue weighted by Gasteiger charge is -2.26. The van der Waals surface area contributed by atoms with Gasteiger partial charge in [0.15, 0.2) is 9.84 Å². The predicted octanol–water partition coefficient (Wildman–Crippen LogP) is 3.88. The molecule has 0 aliphatic carbocycles. The van der Waals surface area contributed by atoms with Crippen LogP contribution in [-0.2, 0) is 22.7 Å². The van der Waals surface area contributed by atoms with Gasteiger partial charge in [-0.1, -0.05) is 6.92 Å². The fourth-order valence-electron chi connectivity index (χ4n) is 3.78. The van der Waals surface area contributed by atoms with Crippen LogP contribution in [0.5, 0.6) is 0 Å². The second-order valence-corrected chi connectivity index (χ2v) is 12.8. The molecule has 0 unspecified atom stereocenters.